The number of anilines is 2. The highest BCUT2D eigenvalue weighted by Crippen LogP contribution is 2.24. The van der Waals surface area contributed by atoms with Gasteiger partial charge >= 0.3 is 0 Å². The highest BCUT2D eigenvalue weighted by atomic mass is 16.1. The number of nitrogen functional groups attached to an aromatic ring is 1. The van der Waals surface area contributed by atoms with Crippen molar-refractivity contribution in [3.8, 4) is 0 Å². The molecule has 106 valence electrons. The van der Waals surface area contributed by atoms with Gasteiger partial charge in [-0.3, -0.25) is 4.79 Å². The summed E-state index contributed by atoms with van der Waals surface area (Å²) in [6, 6.07) is 5.51. The average Bonchev–Trinajstić information content (AvgIpc) is 2.46. The normalized spacial score (nSPS) is 10.5. The van der Waals surface area contributed by atoms with Gasteiger partial charge in [-0.2, -0.15) is 0 Å². The van der Waals surface area contributed by atoms with Crippen LogP contribution < -0.4 is 16.0 Å². The molecule has 6 heteroatoms. The molecule has 0 aliphatic heterocycles. The van der Waals surface area contributed by atoms with E-state index in [1.54, 1.807) is 7.05 Å². The molecule has 2 rings (SSSR count). The second-order valence-corrected chi connectivity index (χ2v) is 4.57. The molecule has 2 aromatic rings. The Labute approximate surface area is 118 Å². The summed E-state index contributed by atoms with van der Waals surface area (Å²) >= 11 is 0. The lowest BCUT2D eigenvalue weighted by atomic mass is 10.2. The number of nitrogens with zero attached hydrogens (tertiary/aromatic N) is 3. The molecule has 1 heterocycles. The number of nitrogens with two attached hydrogens (primary N) is 1. The zero-order valence-electron chi connectivity index (χ0n) is 11.8. The lowest BCUT2D eigenvalue weighted by Crippen LogP contribution is -2.36. The number of amides is 1. The Bertz CT molecular complexity index is 614. The third-order valence-electron chi connectivity index (χ3n) is 3.04. The van der Waals surface area contributed by atoms with Gasteiger partial charge in [0, 0.05) is 24.7 Å². The number of nitrogens with one attached hydrogen (secondary N) is 1. The SMILES string of the molecule is CCCN(CC(=O)NC)c1ncnc2ccc(N)cc12. The van der Waals surface area contributed by atoms with Gasteiger partial charge in [0.15, 0.2) is 0 Å². The van der Waals surface area contributed by atoms with Gasteiger partial charge in [0.2, 0.25) is 5.91 Å². The van der Waals surface area contributed by atoms with Crippen LogP contribution >= 0.6 is 0 Å². The number of carbonyl (C=O) groups excluding carboxylic acids is 1. The molecule has 20 heavy (non-hydrogen) atoms. The fourth-order valence-electron chi connectivity index (χ4n) is 2.09. The monoisotopic (exact) mass is 273 g/mol. The number of benzene rings is 1. The third kappa shape index (κ3) is 2.96. The molecule has 0 bridgehead atoms. The van der Waals surface area contributed by atoms with Crippen LogP contribution in [0, 0.1) is 0 Å². The maximum absolute atomic E-state index is 11.7. The van der Waals surface area contributed by atoms with Gasteiger partial charge in [0.05, 0.1) is 12.1 Å². The smallest absolute Gasteiger partial charge is 0.239 e. The Morgan fingerprint density at radius 2 is 2.20 bits per heavy atom. The molecule has 0 atom stereocenters. The Kier molecular flexibility index (Phi) is 4.34. The molecular weight excluding hydrogens is 254 g/mol. The van der Waals surface area contributed by atoms with E-state index < -0.39 is 0 Å². The molecule has 1 amide bonds. The number of hydrogen-bond donors (Lipinski definition) is 2. The summed E-state index contributed by atoms with van der Waals surface area (Å²) in [6.07, 6.45) is 2.44. The first kappa shape index (κ1) is 14.0. The molecule has 0 aliphatic carbocycles. The predicted octanol–water partition coefficient (Wildman–Crippen LogP) is 1.17. The fourth-order valence-corrected chi connectivity index (χ4v) is 2.09. The van der Waals surface area contributed by atoms with Gasteiger partial charge in [-0.15, -0.1) is 0 Å². The average molecular weight is 273 g/mol. The summed E-state index contributed by atoms with van der Waals surface area (Å²) in [7, 11) is 1.63. The summed E-state index contributed by atoms with van der Waals surface area (Å²) < 4.78 is 0. The van der Waals surface area contributed by atoms with Gasteiger partial charge in [-0.1, -0.05) is 6.92 Å². The second-order valence-electron chi connectivity index (χ2n) is 4.57. The van der Waals surface area contributed by atoms with Crippen molar-refractivity contribution in [1.82, 2.24) is 15.3 Å². The van der Waals surface area contributed by atoms with Crippen LogP contribution in [0.1, 0.15) is 13.3 Å². The van der Waals surface area contributed by atoms with E-state index in [1.807, 2.05) is 23.1 Å². The topological polar surface area (TPSA) is 84.1 Å². The number of fused-ring (bicyclic) bond motifs is 1. The van der Waals surface area contributed by atoms with Crippen molar-refractivity contribution in [2.45, 2.75) is 13.3 Å². The van der Waals surface area contributed by atoms with Crippen molar-refractivity contribution in [2.75, 3.05) is 30.8 Å². The summed E-state index contributed by atoms with van der Waals surface area (Å²) in [5.41, 5.74) is 7.32. The van der Waals surface area contributed by atoms with Gasteiger partial charge in [-0.25, -0.2) is 9.97 Å². The predicted molar refractivity (Wildman–Crippen MR) is 80.5 cm³/mol. The van der Waals surface area contributed by atoms with Crippen LogP contribution in [0.25, 0.3) is 10.9 Å². The van der Waals surface area contributed by atoms with Crippen molar-refractivity contribution in [3.05, 3.63) is 24.5 Å². The Morgan fingerprint density at radius 3 is 2.90 bits per heavy atom. The van der Waals surface area contributed by atoms with Gasteiger partial charge < -0.3 is 16.0 Å². The van der Waals surface area contributed by atoms with Crippen molar-refractivity contribution < 1.29 is 4.79 Å². The number of aromatic nitrogens is 2. The zero-order valence-corrected chi connectivity index (χ0v) is 11.8. The minimum atomic E-state index is -0.0471. The Balaban J connectivity index is 2.46. The minimum absolute atomic E-state index is 0.0471. The van der Waals surface area contributed by atoms with Crippen molar-refractivity contribution in [2.24, 2.45) is 0 Å². The van der Waals surface area contributed by atoms with E-state index in [2.05, 4.69) is 22.2 Å². The first-order chi connectivity index (χ1) is 9.65. The van der Waals surface area contributed by atoms with E-state index in [0.717, 1.165) is 29.7 Å². The highest BCUT2D eigenvalue weighted by Gasteiger charge is 2.14. The van der Waals surface area contributed by atoms with Crippen molar-refractivity contribution >= 4 is 28.3 Å². The maximum Gasteiger partial charge on any atom is 0.239 e. The van der Waals surface area contributed by atoms with E-state index >= 15 is 0 Å². The number of likely N-dealkylation sites (N-methyl/N-ethyl adjacent to an activating group) is 1. The summed E-state index contributed by atoms with van der Waals surface area (Å²) in [6.45, 7) is 3.08. The van der Waals surface area contributed by atoms with E-state index in [9.17, 15) is 4.79 Å². The van der Waals surface area contributed by atoms with Gasteiger partial charge in [-0.05, 0) is 24.6 Å². The van der Waals surface area contributed by atoms with Crippen LogP contribution in [-0.2, 0) is 4.79 Å². The lowest BCUT2D eigenvalue weighted by molar-refractivity contribution is -0.119. The minimum Gasteiger partial charge on any atom is -0.399 e. The number of carbonyl (C=O) groups is 1. The van der Waals surface area contributed by atoms with Crippen LogP contribution in [0.2, 0.25) is 0 Å². The van der Waals surface area contributed by atoms with Gasteiger partial charge in [0.1, 0.15) is 12.1 Å². The molecule has 3 N–H and O–H groups in total. The summed E-state index contributed by atoms with van der Waals surface area (Å²) in [4.78, 5) is 22.2. The lowest BCUT2D eigenvalue weighted by Gasteiger charge is -2.23. The largest absolute Gasteiger partial charge is 0.399 e. The molecular formula is C14H19N5O. The number of hydrogen-bond acceptors (Lipinski definition) is 5. The van der Waals surface area contributed by atoms with E-state index in [1.165, 1.54) is 6.33 Å². The van der Waals surface area contributed by atoms with Crippen molar-refractivity contribution in [3.63, 3.8) is 0 Å². The van der Waals surface area contributed by atoms with E-state index in [4.69, 9.17) is 5.73 Å². The Hall–Kier alpha value is -2.37. The Morgan fingerprint density at radius 1 is 1.40 bits per heavy atom. The number of rotatable bonds is 5. The standard InChI is InChI=1S/C14H19N5O/c1-3-6-19(8-13(20)16-2)14-11-7-10(15)4-5-12(11)17-9-18-14/h4-5,7,9H,3,6,8,15H2,1-2H3,(H,16,20). The van der Waals surface area contributed by atoms with Crippen molar-refractivity contribution in [1.29, 1.82) is 0 Å². The van der Waals surface area contributed by atoms with Crippen LogP contribution in [0.15, 0.2) is 24.5 Å². The highest BCUT2D eigenvalue weighted by molar-refractivity contribution is 5.93. The first-order valence-corrected chi connectivity index (χ1v) is 6.61. The van der Waals surface area contributed by atoms with Gasteiger partial charge in [0.25, 0.3) is 0 Å². The first-order valence-electron chi connectivity index (χ1n) is 6.61. The maximum atomic E-state index is 11.7. The quantitative estimate of drug-likeness (QED) is 0.799. The molecule has 0 unspecified atom stereocenters. The summed E-state index contributed by atoms with van der Waals surface area (Å²) in [5, 5.41) is 3.50. The van der Waals surface area contributed by atoms with E-state index in [0.29, 0.717) is 5.69 Å². The molecule has 6 nitrogen and oxygen atoms in total. The molecule has 0 saturated heterocycles. The summed E-state index contributed by atoms with van der Waals surface area (Å²) in [5.74, 6) is 0.696. The molecule has 0 radical (unpaired) electrons. The third-order valence-corrected chi connectivity index (χ3v) is 3.04. The fraction of sp³-hybridized carbons (Fsp3) is 0.357. The molecule has 0 fully saturated rings. The van der Waals surface area contributed by atoms with Crippen LogP contribution in [0.3, 0.4) is 0 Å². The zero-order chi connectivity index (χ0) is 14.5. The van der Waals surface area contributed by atoms with E-state index in [-0.39, 0.29) is 12.5 Å². The molecule has 0 aliphatic rings. The van der Waals surface area contributed by atoms with Crippen LogP contribution in [0.5, 0.6) is 0 Å². The van der Waals surface area contributed by atoms with Crippen LogP contribution in [0.4, 0.5) is 11.5 Å². The molecule has 1 aromatic heterocycles. The molecule has 0 saturated carbocycles. The molecule has 0 spiro atoms. The van der Waals surface area contributed by atoms with Crippen LogP contribution in [-0.4, -0.2) is 36.0 Å². The molecule has 1 aromatic carbocycles. The second kappa shape index (κ2) is 6.18.